The van der Waals surface area contributed by atoms with Crippen LogP contribution in [0.25, 0.3) is 27.9 Å². The van der Waals surface area contributed by atoms with E-state index in [2.05, 4.69) is 15.2 Å². The van der Waals surface area contributed by atoms with Crippen LogP contribution in [0.3, 0.4) is 0 Å². The van der Waals surface area contributed by atoms with Crippen LogP contribution in [-0.4, -0.2) is 30.3 Å². The molecule has 0 fully saturated rings. The van der Waals surface area contributed by atoms with E-state index in [1.165, 1.54) is 55.0 Å². The van der Waals surface area contributed by atoms with Crippen molar-refractivity contribution in [3.63, 3.8) is 0 Å². The van der Waals surface area contributed by atoms with Crippen molar-refractivity contribution in [2.24, 2.45) is 0 Å². The van der Waals surface area contributed by atoms with Gasteiger partial charge in [0.05, 0.1) is 6.20 Å². The quantitative estimate of drug-likeness (QED) is 0.334. The van der Waals surface area contributed by atoms with Crippen molar-refractivity contribution in [3.8, 4) is 22.3 Å². The van der Waals surface area contributed by atoms with Crippen molar-refractivity contribution in [3.05, 3.63) is 90.1 Å². The molecule has 178 valence electrons. The number of halogens is 5. The van der Waals surface area contributed by atoms with Crippen molar-refractivity contribution in [1.82, 2.24) is 24.4 Å². The van der Waals surface area contributed by atoms with Gasteiger partial charge in [-0.1, -0.05) is 30.3 Å². The molecule has 0 spiro atoms. The smallest absolute Gasteiger partial charge is 0.271 e. The molecule has 0 aliphatic rings. The lowest BCUT2D eigenvalue weighted by Crippen LogP contribution is -2.29. The third kappa shape index (κ3) is 3.98. The van der Waals surface area contributed by atoms with Gasteiger partial charge in [-0.3, -0.25) is 4.68 Å². The normalized spacial score (nSPS) is 12.9. The van der Waals surface area contributed by atoms with Gasteiger partial charge in [0.2, 0.25) is 5.95 Å². The Hall–Kier alpha value is -4.28. The molecule has 0 bridgehead atoms. The molecule has 0 radical (unpaired) electrons. The van der Waals surface area contributed by atoms with Gasteiger partial charge in [-0.15, -0.1) is 5.10 Å². The average molecular weight is 484 g/mol. The number of anilines is 1. The summed E-state index contributed by atoms with van der Waals surface area (Å²) in [7, 11) is 0. The van der Waals surface area contributed by atoms with Crippen LogP contribution in [0, 0.1) is 17.5 Å². The number of fused-ring (bicyclic) bond motifs is 1. The van der Waals surface area contributed by atoms with Gasteiger partial charge in [-0.05, 0) is 23.8 Å². The van der Waals surface area contributed by atoms with Gasteiger partial charge in [-0.2, -0.15) is 10.1 Å². The van der Waals surface area contributed by atoms with Gasteiger partial charge < -0.3 is 5.73 Å². The van der Waals surface area contributed by atoms with Crippen molar-refractivity contribution < 1.29 is 22.0 Å². The topological polar surface area (TPSA) is 74.0 Å². The number of pyridine rings is 1. The summed E-state index contributed by atoms with van der Waals surface area (Å²) in [6.45, 7) is 0.722. The Balaban J connectivity index is 1.58. The summed E-state index contributed by atoms with van der Waals surface area (Å²) in [5.41, 5.74) is 5.59. The van der Waals surface area contributed by atoms with Crippen molar-refractivity contribution in [1.29, 1.82) is 0 Å². The summed E-state index contributed by atoms with van der Waals surface area (Å²) in [6, 6.07) is 8.77. The molecule has 0 aliphatic heterocycles. The van der Waals surface area contributed by atoms with E-state index in [1.54, 1.807) is 0 Å². The van der Waals surface area contributed by atoms with Gasteiger partial charge in [0.25, 0.3) is 5.92 Å². The number of alkyl halides is 2. The van der Waals surface area contributed by atoms with E-state index >= 15 is 8.78 Å². The molecule has 0 aliphatic carbocycles. The molecule has 5 rings (SSSR count). The molecule has 0 amide bonds. The summed E-state index contributed by atoms with van der Waals surface area (Å²) in [5.74, 6) is -5.55. The molecule has 0 unspecified atom stereocenters. The second kappa shape index (κ2) is 8.19. The molecular weight excluding hydrogens is 467 g/mol. The Morgan fingerprint density at radius 3 is 2.31 bits per heavy atom. The molecule has 3 heterocycles. The number of hydrogen-bond acceptors (Lipinski definition) is 4. The zero-order valence-electron chi connectivity index (χ0n) is 18.1. The lowest BCUT2D eigenvalue weighted by molar-refractivity contribution is -0.0217. The molecule has 2 aromatic carbocycles. The maximum atomic E-state index is 15.6. The van der Waals surface area contributed by atoms with Gasteiger partial charge in [0.15, 0.2) is 11.5 Å². The van der Waals surface area contributed by atoms with E-state index in [9.17, 15) is 13.2 Å². The Labute approximate surface area is 195 Å². The van der Waals surface area contributed by atoms with Crippen LogP contribution < -0.4 is 5.73 Å². The number of aromatic nitrogens is 5. The summed E-state index contributed by atoms with van der Waals surface area (Å²) in [5, 5.41) is 7.85. The summed E-state index contributed by atoms with van der Waals surface area (Å²) >= 11 is 0. The minimum absolute atomic E-state index is 0.0336. The van der Waals surface area contributed by atoms with Crippen LogP contribution in [0.1, 0.15) is 18.5 Å². The second-order valence-corrected chi connectivity index (χ2v) is 8.07. The minimum atomic E-state index is -3.26. The van der Waals surface area contributed by atoms with E-state index in [0.717, 1.165) is 28.3 Å². The zero-order chi connectivity index (χ0) is 24.9. The first kappa shape index (κ1) is 22.5. The molecular formula is C24H17F5N6. The van der Waals surface area contributed by atoms with E-state index in [1.807, 2.05) is 0 Å². The lowest BCUT2D eigenvalue weighted by Gasteiger charge is -2.24. The minimum Gasteiger partial charge on any atom is -0.366 e. The van der Waals surface area contributed by atoms with Crippen molar-refractivity contribution in [2.75, 3.05) is 5.73 Å². The number of benzene rings is 2. The van der Waals surface area contributed by atoms with E-state index < -0.39 is 29.4 Å². The lowest BCUT2D eigenvalue weighted by atomic mass is 9.99. The Morgan fingerprint density at radius 1 is 0.914 bits per heavy atom. The highest BCUT2D eigenvalue weighted by molar-refractivity contribution is 5.76. The molecule has 0 saturated heterocycles. The van der Waals surface area contributed by atoms with E-state index in [-0.39, 0.29) is 39.4 Å². The predicted octanol–water partition coefficient (Wildman–Crippen LogP) is 5.50. The predicted molar refractivity (Wildman–Crippen MR) is 119 cm³/mol. The average Bonchev–Trinajstić information content (AvgIpc) is 3.42. The van der Waals surface area contributed by atoms with Gasteiger partial charge in [-0.25, -0.2) is 26.5 Å². The molecule has 6 nitrogen and oxygen atoms in total. The molecule has 1 atom stereocenters. The number of rotatable bonds is 5. The number of nitrogen functional groups attached to an aromatic ring is 1. The summed E-state index contributed by atoms with van der Waals surface area (Å²) < 4.78 is 75.1. The number of hydrogen-bond donors (Lipinski definition) is 1. The third-order valence-electron chi connectivity index (χ3n) is 5.59. The third-order valence-corrected chi connectivity index (χ3v) is 5.59. The van der Waals surface area contributed by atoms with E-state index in [0.29, 0.717) is 0 Å². The fourth-order valence-corrected chi connectivity index (χ4v) is 4.04. The van der Waals surface area contributed by atoms with Gasteiger partial charge in [0, 0.05) is 41.6 Å². The van der Waals surface area contributed by atoms with Crippen LogP contribution in [0.4, 0.5) is 27.9 Å². The molecule has 0 saturated carbocycles. The SMILES string of the molecule is CC(F)(F)[C@@H](c1ccc(F)cc1)n1cc(-c2cccc(-c3ccn4nc(N)nc4c3F)c2F)cn1. The maximum Gasteiger partial charge on any atom is 0.271 e. The Kier molecular flexibility index (Phi) is 5.27. The summed E-state index contributed by atoms with van der Waals surface area (Å²) in [6.07, 6.45) is 3.91. The second-order valence-electron chi connectivity index (χ2n) is 8.07. The standard InChI is InChI=1S/C24H17F5N6/c1-24(28,29)21(13-5-7-15(25)8-6-13)35-12-14(11-31-35)16-3-2-4-17(19(16)26)18-9-10-34-22(20(18)27)32-23(30)33-34/h2-12,21H,1H3,(H2,30,33)/t21-/m1/s1. The molecule has 3 aromatic heterocycles. The fourth-order valence-electron chi connectivity index (χ4n) is 4.04. The highest BCUT2D eigenvalue weighted by atomic mass is 19.3. The van der Waals surface area contributed by atoms with Crippen LogP contribution >= 0.6 is 0 Å². The fraction of sp³-hybridized carbons (Fsp3) is 0.125. The first-order valence-electron chi connectivity index (χ1n) is 10.4. The van der Waals surface area contributed by atoms with Crippen LogP contribution in [0.15, 0.2) is 67.1 Å². The summed E-state index contributed by atoms with van der Waals surface area (Å²) in [4.78, 5) is 3.81. The monoisotopic (exact) mass is 484 g/mol. The van der Waals surface area contributed by atoms with Crippen LogP contribution in [0.5, 0.6) is 0 Å². The maximum absolute atomic E-state index is 15.6. The molecule has 35 heavy (non-hydrogen) atoms. The van der Waals surface area contributed by atoms with Gasteiger partial charge >= 0.3 is 0 Å². The van der Waals surface area contributed by atoms with Crippen LogP contribution in [0.2, 0.25) is 0 Å². The van der Waals surface area contributed by atoms with Crippen molar-refractivity contribution in [2.45, 2.75) is 18.9 Å². The highest BCUT2D eigenvalue weighted by Gasteiger charge is 2.38. The Bertz CT molecular complexity index is 1530. The molecule has 11 heteroatoms. The van der Waals surface area contributed by atoms with Crippen LogP contribution in [-0.2, 0) is 0 Å². The van der Waals surface area contributed by atoms with E-state index in [4.69, 9.17) is 5.73 Å². The largest absolute Gasteiger partial charge is 0.366 e. The Morgan fingerprint density at radius 2 is 1.60 bits per heavy atom. The van der Waals surface area contributed by atoms with Crippen molar-refractivity contribution >= 4 is 11.6 Å². The molecule has 2 N–H and O–H groups in total. The first-order chi connectivity index (χ1) is 16.6. The molecule has 5 aromatic rings. The highest BCUT2D eigenvalue weighted by Crippen LogP contribution is 2.37. The first-order valence-corrected chi connectivity index (χ1v) is 10.4. The van der Waals surface area contributed by atoms with Gasteiger partial charge in [0.1, 0.15) is 17.7 Å². The number of nitrogens with two attached hydrogens (primary N) is 1. The number of nitrogens with zero attached hydrogens (tertiary/aromatic N) is 5. The zero-order valence-corrected chi connectivity index (χ0v) is 18.1.